The Morgan fingerprint density at radius 1 is 0.958 bits per heavy atom. The van der Waals surface area contributed by atoms with E-state index >= 15 is 0 Å². The Bertz CT molecular complexity index is 781. The number of benzene rings is 1. The average molecular weight is 343 g/mol. The van der Waals surface area contributed by atoms with Crippen LogP contribution in [0.3, 0.4) is 0 Å². The minimum atomic E-state index is -0.489. The molecule has 122 valence electrons. The zero-order valence-corrected chi connectivity index (χ0v) is 13.3. The first-order valence-electron chi connectivity index (χ1n) is 7.16. The van der Waals surface area contributed by atoms with E-state index in [2.05, 4.69) is 10.9 Å². The third kappa shape index (κ3) is 3.04. The lowest BCUT2D eigenvalue weighted by Gasteiger charge is -2.13. The number of carbonyl (C=O) groups excluding carboxylic acids is 4. The van der Waals surface area contributed by atoms with Crippen molar-refractivity contribution < 1.29 is 19.2 Å². The van der Waals surface area contributed by atoms with Crippen LogP contribution in [0.5, 0.6) is 0 Å². The zero-order chi connectivity index (χ0) is 17.1. The highest BCUT2D eigenvalue weighted by Gasteiger charge is 2.34. The van der Waals surface area contributed by atoms with Crippen molar-refractivity contribution in [3.63, 3.8) is 0 Å². The van der Waals surface area contributed by atoms with Gasteiger partial charge in [0.25, 0.3) is 17.7 Å². The number of hydrazine groups is 1. The van der Waals surface area contributed by atoms with Gasteiger partial charge in [-0.25, -0.2) is 0 Å². The average Bonchev–Trinajstić information content (AvgIpc) is 3.20. The molecule has 0 radical (unpaired) electrons. The number of hydrogen-bond donors (Lipinski definition) is 2. The molecule has 3 rings (SSSR count). The molecular formula is C16H13N3O4S. The Balaban J connectivity index is 1.51. The lowest BCUT2D eigenvalue weighted by atomic mass is 10.1. The molecule has 2 N–H and O–H groups in total. The summed E-state index contributed by atoms with van der Waals surface area (Å²) in [5, 5.41) is 1.75. The molecule has 0 saturated carbocycles. The monoisotopic (exact) mass is 343 g/mol. The van der Waals surface area contributed by atoms with E-state index in [1.165, 1.54) is 11.3 Å². The number of rotatable bonds is 4. The van der Waals surface area contributed by atoms with E-state index in [1.54, 1.807) is 41.8 Å². The van der Waals surface area contributed by atoms with Gasteiger partial charge in [0, 0.05) is 13.0 Å². The quantitative estimate of drug-likeness (QED) is 0.644. The molecule has 8 heteroatoms. The van der Waals surface area contributed by atoms with Crippen LogP contribution in [0.4, 0.5) is 0 Å². The first-order chi connectivity index (χ1) is 11.6. The molecule has 7 nitrogen and oxygen atoms in total. The van der Waals surface area contributed by atoms with Crippen LogP contribution in [0.2, 0.25) is 0 Å². The molecule has 0 bridgehead atoms. The lowest BCUT2D eigenvalue weighted by molar-refractivity contribution is -0.121. The fourth-order valence-electron chi connectivity index (χ4n) is 2.31. The van der Waals surface area contributed by atoms with E-state index in [9.17, 15) is 19.2 Å². The second kappa shape index (κ2) is 6.63. The first kappa shape index (κ1) is 15.9. The smallest absolute Gasteiger partial charge is 0.274 e. The topological polar surface area (TPSA) is 95.6 Å². The second-order valence-corrected chi connectivity index (χ2v) is 5.98. The number of amides is 4. The second-order valence-electron chi connectivity index (χ2n) is 5.04. The summed E-state index contributed by atoms with van der Waals surface area (Å²) in [7, 11) is 0. The van der Waals surface area contributed by atoms with Crippen molar-refractivity contribution in [1.82, 2.24) is 15.8 Å². The maximum Gasteiger partial charge on any atom is 0.279 e. The van der Waals surface area contributed by atoms with Crippen molar-refractivity contribution in [3.05, 3.63) is 57.8 Å². The van der Waals surface area contributed by atoms with Gasteiger partial charge in [0.15, 0.2) is 0 Å². The Morgan fingerprint density at radius 2 is 1.62 bits per heavy atom. The summed E-state index contributed by atoms with van der Waals surface area (Å²) in [4.78, 5) is 49.3. The highest BCUT2D eigenvalue weighted by atomic mass is 32.1. The van der Waals surface area contributed by atoms with E-state index < -0.39 is 23.6 Å². The predicted molar refractivity (Wildman–Crippen MR) is 86.4 cm³/mol. The van der Waals surface area contributed by atoms with E-state index in [-0.39, 0.29) is 13.0 Å². The van der Waals surface area contributed by atoms with Gasteiger partial charge in [0.1, 0.15) is 0 Å². The van der Waals surface area contributed by atoms with Crippen molar-refractivity contribution in [2.45, 2.75) is 6.42 Å². The Labute approximate surface area is 141 Å². The molecule has 0 unspecified atom stereocenters. The van der Waals surface area contributed by atoms with Gasteiger partial charge >= 0.3 is 0 Å². The summed E-state index contributed by atoms with van der Waals surface area (Å²) >= 11 is 1.25. The van der Waals surface area contributed by atoms with Gasteiger partial charge < -0.3 is 0 Å². The van der Waals surface area contributed by atoms with Gasteiger partial charge in [0.05, 0.1) is 16.0 Å². The highest BCUT2D eigenvalue weighted by Crippen LogP contribution is 2.22. The van der Waals surface area contributed by atoms with Crippen LogP contribution in [-0.2, 0) is 4.79 Å². The van der Waals surface area contributed by atoms with E-state index in [0.29, 0.717) is 16.0 Å². The molecule has 2 aromatic rings. The van der Waals surface area contributed by atoms with Crippen molar-refractivity contribution in [2.24, 2.45) is 0 Å². The maximum atomic E-state index is 12.1. The van der Waals surface area contributed by atoms with Crippen molar-refractivity contribution in [1.29, 1.82) is 0 Å². The van der Waals surface area contributed by atoms with Crippen LogP contribution in [-0.4, -0.2) is 35.1 Å². The van der Waals surface area contributed by atoms with Crippen LogP contribution in [0, 0.1) is 0 Å². The summed E-state index contributed by atoms with van der Waals surface area (Å²) in [5.41, 5.74) is 5.23. The molecule has 2 heterocycles. The van der Waals surface area contributed by atoms with Crippen LogP contribution >= 0.6 is 11.3 Å². The summed E-state index contributed by atoms with van der Waals surface area (Å²) in [5.74, 6) is -1.73. The lowest BCUT2D eigenvalue weighted by Crippen LogP contribution is -2.43. The predicted octanol–water partition coefficient (Wildman–Crippen LogP) is 1.20. The minimum Gasteiger partial charge on any atom is -0.274 e. The van der Waals surface area contributed by atoms with Gasteiger partial charge in [-0.3, -0.25) is 34.9 Å². The Morgan fingerprint density at radius 3 is 2.21 bits per heavy atom. The first-order valence-corrected chi connectivity index (χ1v) is 8.04. The third-order valence-electron chi connectivity index (χ3n) is 3.50. The van der Waals surface area contributed by atoms with E-state index in [1.807, 2.05) is 0 Å². The highest BCUT2D eigenvalue weighted by molar-refractivity contribution is 7.12. The van der Waals surface area contributed by atoms with Gasteiger partial charge in [-0.05, 0) is 23.6 Å². The number of fused-ring (bicyclic) bond motifs is 1. The molecular weight excluding hydrogens is 330 g/mol. The van der Waals surface area contributed by atoms with Crippen molar-refractivity contribution in [3.8, 4) is 0 Å². The minimum absolute atomic E-state index is 0.0486. The molecule has 24 heavy (non-hydrogen) atoms. The maximum absolute atomic E-state index is 12.1. The van der Waals surface area contributed by atoms with Gasteiger partial charge in [-0.15, -0.1) is 11.3 Å². The largest absolute Gasteiger partial charge is 0.279 e. The fourth-order valence-corrected chi connectivity index (χ4v) is 2.93. The number of thiophene rings is 1. The molecule has 1 aromatic carbocycles. The third-order valence-corrected chi connectivity index (χ3v) is 4.37. The number of nitrogens with zero attached hydrogens (tertiary/aromatic N) is 1. The fraction of sp³-hybridized carbons (Fsp3) is 0.125. The standard InChI is InChI=1S/C16H13N3O4S/c20-13(17-18-14(21)12-6-3-9-24-12)7-8-19-15(22)10-4-1-2-5-11(10)16(19)23/h1-6,9H,7-8H2,(H,17,20)(H,18,21). The summed E-state index contributed by atoms with van der Waals surface area (Å²) < 4.78 is 0. The van der Waals surface area contributed by atoms with Crippen LogP contribution in [0.1, 0.15) is 36.8 Å². The SMILES string of the molecule is O=C(CCN1C(=O)c2ccccc2C1=O)NNC(=O)c1cccs1. The molecule has 0 spiro atoms. The molecule has 1 aliphatic heterocycles. The normalized spacial score (nSPS) is 12.9. The molecule has 1 aromatic heterocycles. The van der Waals surface area contributed by atoms with Crippen molar-refractivity contribution >= 4 is 35.0 Å². The molecule has 0 saturated heterocycles. The summed E-state index contributed by atoms with van der Waals surface area (Å²) in [6.07, 6.45) is -0.101. The van der Waals surface area contributed by atoms with Gasteiger partial charge in [-0.1, -0.05) is 18.2 Å². The molecule has 1 aliphatic rings. The Kier molecular flexibility index (Phi) is 4.39. The molecule has 0 fully saturated rings. The molecule has 0 atom stereocenters. The number of carbonyl (C=O) groups is 4. The summed E-state index contributed by atoms with van der Waals surface area (Å²) in [6.45, 7) is -0.0486. The molecule has 0 aliphatic carbocycles. The van der Waals surface area contributed by atoms with Crippen LogP contribution in [0.15, 0.2) is 41.8 Å². The number of hydrogen-bond acceptors (Lipinski definition) is 5. The van der Waals surface area contributed by atoms with Crippen molar-refractivity contribution in [2.75, 3.05) is 6.54 Å². The van der Waals surface area contributed by atoms with E-state index in [4.69, 9.17) is 0 Å². The summed E-state index contributed by atoms with van der Waals surface area (Å²) in [6, 6.07) is 9.88. The van der Waals surface area contributed by atoms with Gasteiger partial charge in [-0.2, -0.15) is 0 Å². The van der Waals surface area contributed by atoms with Gasteiger partial charge in [0.2, 0.25) is 5.91 Å². The number of nitrogens with one attached hydrogen (secondary N) is 2. The van der Waals surface area contributed by atoms with E-state index in [0.717, 1.165) is 4.90 Å². The Hall–Kier alpha value is -3.00. The van der Waals surface area contributed by atoms with Crippen LogP contribution in [0.25, 0.3) is 0 Å². The van der Waals surface area contributed by atoms with Crippen LogP contribution < -0.4 is 10.9 Å². The zero-order valence-electron chi connectivity index (χ0n) is 12.4. The number of imide groups is 1. The molecule has 4 amide bonds.